The van der Waals surface area contributed by atoms with E-state index in [1.54, 1.807) is 0 Å². The largest absolute Gasteiger partial charge is 0.376 e. The van der Waals surface area contributed by atoms with Crippen molar-refractivity contribution >= 4 is 0 Å². The van der Waals surface area contributed by atoms with Crippen molar-refractivity contribution in [2.45, 2.75) is 96.9 Å². The summed E-state index contributed by atoms with van der Waals surface area (Å²) in [5.41, 5.74) is 0. The van der Waals surface area contributed by atoms with Crippen LogP contribution in [0.2, 0.25) is 0 Å². The van der Waals surface area contributed by atoms with Gasteiger partial charge in [-0.25, -0.2) is 0 Å². The van der Waals surface area contributed by atoms with Crippen molar-refractivity contribution < 1.29 is 4.74 Å². The second kappa shape index (κ2) is 9.39. The predicted molar refractivity (Wildman–Crippen MR) is 98.9 cm³/mol. The molecule has 1 aliphatic heterocycles. The summed E-state index contributed by atoms with van der Waals surface area (Å²) in [4.78, 5) is 5.21. The molecule has 0 radical (unpaired) electrons. The van der Waals surface area contributed by atoms with Gasteiger partial charge in [-0.15, -0.1) is 0 Å². The minimum atomic E-state index is 0.393. The lowest BCUT2D eigenvalue weighted by molar-refractivity contribution is -0.0204. The van der Waals surface area contributed by atoms with Gasteiger partial charge in [0.05, 0.1) is 12.2 Å². The first-order valence-electron chi connectivity index (χ1n) is 10.1. The lowest BCUT2D eigenvalue weighted by atomic mass is 9.84. The maximum absolute atomic E-state index is 5.97. The number of piperazine rings is 1. The fourth-order valence-electron chi connectivity index (χ4n) is 4.73. The van der Waals surface area contributed by atoms with Crippen molar-refractivity contribution in [3.8, 4) is 0 Å². The molecule has 0 bridgehead atoms. The summed E-state index contributed by atoms with van der Waals surface area (Å²) in [6.07, 6.45) is 10.5. The molecule has 0 aromatic heterocycles. The Kier molecular flexibility index (Phi) is 7.84. The molecule has 1 heterocycles. The molecular formula is C20H40N2O. The monoisotopic (exact) mass is 324 g/mol. The number of rotatable bonds is 7. The molecule has 3 nitrogen and oxygen atoms in total. The third kappa shape index (κ3) is 6.36. The van der Waals surface area contributed by atoms with Gasteiger partial charge in [-0.2, -0.15) is 0 Å². The third-order valence-electron chi connectivity index (χ3n) is 5.82. The first-order chi connectivity index (χ1) is 11.0. The molecule has 2 fully saturated rings. The van der Waals surface area contributed by atoms with Crippen LogP contribution >= 0.6 is 0 Å². The Balaban J connectivity index is 1.57. The second-order valence-electron chi connectivity index (χ2n) is 8.48. The van der Waals surface area contributed by atoms with Crippen LogP contribution in [0.25, 0.3) is 0 Å². The van der Waals surface area contributed by atoms with E-state index in [-0.39, 0.29) is 0 Å². The van der Waals surface area contributed by atoms with Gasteiger partial charge >= 0.3 is 0 Å². The molecule has 2 atom stereocenters. The van der Waals surface area contributed by atoms with Crippen molar-refractivity contribution in [2.75, 3.05) is 26.7 Å². The number of ether oxygens (including phenoxy) is 1. The van der Waals surface area contributed by atoms with Crippen molar-refractivity contribution in [3.05, 3.63) is 0 Å². The lowest BCUT2D eigenvalue weighted by Crippen LogP contribution is -2.55. The molecule has 1 saturated carbocycles. The number of unbranched alkanes of at least 4 members (excludes halogenated alkanes) is 1. The fourth-order valence-corrected chi connectivity index (χ4v) is 4.73. The van der Waals surface area contributed by atoms with Gasteiger partial charge in [-0.1, -0.05) is 12.8 Å². The highest BCUT2D eigenvalue weighted by atomic mass is 16.5. The van der Waals surface area contributed by atoms with E-state index < -0.39 is 0 Å². The summed E-state index contributed by atoms with van der Waals surface area (Å²) in [6, 6.07) is 1.43. The minimum Gasteiger partial charge on any atom is -0.376 e. The molecule has 0 spiro atoms. The maximum Gasteiger partial charge on any atom is 0.0578 e. The minimum absolute atomic E-state index is 0.393. The lowest BCUT2D eigenvalue weighted by Gasteiger charge is -2.43. The summed E-state index contributed by atoms with van der Waals surface area (Å²) in [6.45, 7) is 12.8. The molecular weight excluding hydrogens is 284 g/mol. The van der Waals surface area contributed by atoms with Gasteiger partial charge < -0.3 is 9.64 Å². The van der Waals surface area contributed by atoms with Gasteiger partial charge in [0.25, 0.3) is 0 Å². The van der Waals surface area contributed by atoms with Crippen molar-refractivity contribution in [1.82, 2.24) is 9.80 Å². The zero-order chi connectivity index (χ0) is 16.8. The smallest absolute Gasteiger partial charge is 0.0578 e. The van der Waals surface area contributed by atoms with E-state index in [0.29, 0.717) is 24.3 Å². The second-order valence-corrected chi connectivity index (χ2v) is 8.48. The SMILES string of the molecule is CC(C)OC1CCC(CCCCN2C(C)CN(C)CC2C)CC1. The van der Waals surface area contributed by atoms with Crippen LogP contribution in [0, 0.1) is 5.92 Å². The Morgan fingerprint density at radius 3 is 2.13 bits per heavy atom. The summed E-state index contributed by atoms with van der Waals surface area (Å²) in [5, 5.41) is 0. The van der Waals surface area contributed by atoms with Crippen LogP contribution in [0.15, 0.2) is 0 Å². The zero-order valence-corrected chi connectivity index (χ0v) is 16.3. The molecule has 3 heteroatoms. The average Bonchev–Trinajstić information content (AvgIpc) is 2.46. The van der Waals surface area contributed by atoms with Crippen LogP contribution in [-0.2, 0) is 4.74 Å². The molecule has 0 aromatic carbocycles. The first kappa shape index (κ1) is 19.2. The predicted octanol–water partition coefficient (Wildman–Crippen LogP) is 4.16. The highest BCUT2D eigenvalue weighted by molar-refractivity contribution is 4.83. The van der Waals surface area contributed by atoms with Crippen LogP contribution in [0.5, 0.6) is 0 Å². The number of nitrogens with zero attached hydrogens (tertiary/aromatic N) is 2. The molecule has 0 aromatic rings. The van der Waals surface area contributed by atoms with E-state index in [1.165, 1.54) is 64.6 Å². The summed E-state index contributed by atoms with van der Waals surface area (Å²) in [5.74, 6) is 0.962. The molecule has 0 N–H and O–H groups in total. The average molecular weight is 325 g/mol. The van der Waals surface area contributed by atoms with E-state index >= 15 is 0 Å². The molecule has 2 rings (SSSR count). The Bertz CT molecular complexity index is 314. The first-order valence-corrected chi connectivity index (χ1v) is 10.1. The quantitative estimate of drug-likeness (QED) is 0.654. The van der Waals surface area contributed by atoms with E-state index in [4.69, 9.17) is 4.74 Å². The summed E-state index contributed by atoms with van der Waals surface area (Å²) in [7, 11) is 2.25. The Hall–Kier alpha value is -0.120. The van der Waals surface area contributed by atoms with Gasteiger partial charge in [0.2, 0.25) is 0 Å². The molecule has 23 heavy (non-hydrogen) atoms. The summed E-state index contributed by atoms with van der Waals surface area (Å²) < 4.78 is 5.97. The molecule has 1 saturated heterocycles. The Labute approximate surface area is 144 Å². The van der Waals surface area contributed by atoms with Crippen molar-refractivity contribution in [3.63, 3.8) is 0 Å². The van der Waals surface area contributed by atoms with E-state index in [2.05, 4.69) is 44.5 Å². The molecule has 136 valence electrons. The molecule has 2 unspecified atom stereocenters. The van der Waals surface area contributed by atoms with E-state index in [1.807, 2.05) is 0 Å². The van der Waals surface area contributed by atoms with Crippen LogP contribution < -0.4 is 0 Å². The van der Waals surface area contributed by atoms with Gasteiger partial charge in [0.1, 0.15) is 0 Å². The van der Waals surface area contributed by atoms with E-state index in [9.17, 15) is 0 Å². The molecule has 0 amide bonds. The standard InChI is InChI=1S/C20H40N2O/c1-16(2)23-20-11-9-19(10-12-20)8-6-7-13-22-17(3)14-21(5)15-18(22)4/h16-20H,6-15H2,1-5H3. The Morgan fingerprint density at radius 1 is 0.957 bits per heavy atom. The normalized spacial score (nSPS) is 34.2. The molecule has 2 aliphatic rings. The number of likely N-dealkylation sites (N-methyl/N-ethyl adjacent to an activating group) is 1. The molecule has 1 aliphatic carbocycles. The highest BCUT2D eigenvalue weighted by Crippen LogP contribution is 2.30. The summed E-state index contributed by atoms with van der Waals surface area (Å²) >= 11 is 0. The van der Waals surface area contributed by atoms with E-state index in [0.717, 1.165) is 5.92 Å². The van der Waals surface area contributed by atoms with Gasteiger partial charge in [0, 0.05) is 25.2 Å². The van der Waals surface area contributed by atoms with Crippen LogP contribution in [0.4, 0.5) is 0 Å². The topological polar surface area (TPSA) is 15.7 Å². The third-order valence-corrected chi connectivity index (χ3v) is 5.82. The number of hydrogen-bond acceptors (Lipinski definition) is 3. The Morgan fingerprint density at radius 2 is 1.57 bits per heavy atom. The van der Waals surface area contributed by atoms with Crippen LogP contribution in [-0.4, -0.2) is 60.8 Å². The van der Waals surface area contributed by atoms with Crippen molar-refractivity contribution in [1.29, 1.82) is 0 Å². The fraction of sp³-hybridized carbons (Fsp3) is 1.00. The maximum atomic E-state index is 5.97. The number of hydrogen-bond donors (Lipinski definition) is 0. The van der Waals surface area contributed by atoms with Crippen LogP contribution in [0.1, 0.15) is 72.6 Å². The van der Waals surface area contributed by atoms with Gasteiger partial charge in [-0.3, -0.25) is 4.90 Å². The van der Waals surface area contributed by atoms with Gasteiger partial charge in [0.15, 0.2) is 0 Å². The van der Waals surface area contributed by atoms with Crippen LogP contribution in [0.3, 0.4) is 0 Å². The zero-order valence-electron chi connectivity index (χ0n) is 16.3. The van der Waals surface area contributed by atoms with Crippen molar-refractivity contribution in [2.24, 2.45) is 5.92 Å². The highest BCUT2D eigenvalue weighted by Gasteiger charge is 2.27. The van der Waals surface area contributed by atoms with Gasteiger partial charge in [-0.05, 0) is 79.3 Å².